The third-order valence-electron chi connectivity index (χ3n) is 7.24. The lowest BCUT2D eigenvalue weighted by Crippen LogP contribution is -2.47. The van der Waals surface area contributed by atoms with E-state index in [9.17, 15) is 22.8 Å². The van der Waals surface area contributed by atoms with Gasteiger partial charge in [-0.25, -0.2) is 9.78 Å². The van der Waals surface area contributed by atoms with E-state index in [0.717, 1.165) is 19.6 Å². The van der Waals surface area contributed by atoms with E-state index >= 15 is 4.39 Å². The van der Waals surface area contributed by atoms with Crippen molar-refractivity contribution in [1.29, 1.82) is 0 Å². The number of nitrogens with one attached hydrogen (secondary N) is 1. The number of rotatable bonds is 8. The van der Waals surface area contributed by atoms with Gasteiger partial charge >= 0.3 is 12.1 Å². The van der Waals surface area contributed by atoms with E-state index in [1.807, 2.05) is 6.07 Å². The van der Waals surface area contributed by atoms with Crippen LogP contribution in [0.5, 0.6) is 11.5 Å². The van der Waals surface area contributed by atoms with Gasteiger partial charge in [0.2, 0.25) is 5.82 Å². The number of esters is 1. The van der Waals surface area contributed by atoms with Gasteiger partial charge in [-0.3, -0.25) is 4.79 Å². The lowest BCUT2D eigenvalue weighted by atomic mass is 9.77. The van der Waals surface area contributed by atoms with Gasteiger partial charge in [-0.2, -0.15) is 17.6 Å². The Balaban J connectivity index is 1.70. The molecule has 0 bridgehead atoms. The molecule has 1 aliphatic heterocycles. The molecule has 1 N–H and O–H groups in total. The molecule has 8 nitrogen and oxygen atoms in total. The molecule has 1 aromatic heterocycles. The van der Waals surface area contributed by atoms with Gasteiger partial charge in [0.05, 0.1) is 14.2 Å². The maximum Gasteiger partial charge on any atom is 0.417 e. The number of aromatic nitrogens is 1. The summed E-state index contributed by atoms with van der Waals surface area (Å²) >= 11 is 0. The van der Waals surface area contributed by atoms with Crippen molar-refractivity contribution in [3.8, 4) is 11.5 Å². The topological polar surface area (TPSA) is 96.0 Å². The first kappa shape index (κ1) is 29.8. The monoisotopic (exact) mass is 576 g/mol. The fourth-order valence-corrected chi connectivity index (χ4v) is 4.83. The highest BCUT2D eigenvalue weighted by molar-refractivity contribution is 5.96. The first-order valence-corrected chi connectivity index (χ1v) is 12.5. The third kappa shape index (κ3) is 5.83. The molecule has 0 unspecified atom stereocenters. The first-order chi connectivity index (χ1) is 19.4. The summed E-state index contributed by atoms with van der Waals surface area (Å²) in [6.45, 7) is 2.17. The number of ether oxygens (including phenoxy) is 4. The van der Waals surface area contributed by atoms with Gasteiger partial charge in [0.1, 0.15) is 18.4 Å². The zero-order chi connectivity index (χ0) is 29.9. The molecule has 0 radical (unpaired) electrons. The summed E-state index contributed by atoms with van der Waals surface area (Å²) in [5.74, 6) is -5.80. The molecule has 4 atom stereocenters. The third-order valence-corrected chi connectivity index (χ3v) is 7.24. The van der Waals surface area contributed by atoms with E-state index in [2.05, 4.69) is 15.0 Å². The summed E-state index contributed by atoms with van der Waals surface area (Å²) in [6.07, 6.45) is -5.35. The number of anilines is 1. The SMILES string of the molecule is COC(=O)c1cc(NC(=O)[C@@H]2O[C@@](C)(C(F)(F)F)[C@@H](C)[C@H]2c2ccc(OCc3ccccc3)c(F)c2OC)ccn1. The standard InChI is InChI=1S/C29H28F4N2O6/c1-16-22(19-10-11-21(23(30)24(19)38-3)40-15-17-8-6-5-7-9-17)25(41-28(16,2)29(31,32)33)26(36)35-18-12-13-34-20(14-18)27(37)39-4/h5-14,16,22,25H,15H2,1-4H3,(H,34,35,36)/t16-,22-,25+,28+/m0/s1. The quantitative estimate of drug-likeness (QED) is 0.273. The average Bonchev–Trinajstić information content (AvgIpc) is 3.23. The summed E-state index contributed by atoms with van der Waals surface area (Å²) in [5.41, 5.74) is -2.03. The lowest BCUT2D eigenvalue weighted by Gasteiger charge is -2.32. The van der Waals surface area contributed by atoms with Crippen molar-refractivity contribution in [3.63, 3.8) is 0 Å². The molecule has 1 saturated heterocycles. The Morgan fingerprint density at radius 1 is 1.10 bits per heavy atom. The molecule has 1 amide bonds. The number of halogens is 4. The lowest BCUT2D eigenvalue weighted by molar-refractivity contribution is -0.272. The van der Waals surface area contributed by atoms with E-state index in [4.69, 9.17) is 14.2 Å². The van der Waals surface area contributed by atoms with Crippen LogP contribution in [0.3, 0.4) is 0 Å². The fraction of sp³-hybridized carbons (Fsp3) is 0.345. The predicted octanol–water partition coefficient (Wildman–Crippen LogP) is 5.67. The normalized spacial score (nSPS) is 22.2. The number of methoxy groups -OCH3 is 2. The maximum atomic E-state index is 15.6. The largest absolute Gasteiger partial charge is 0.493 e. The maximum absolute atomic E-state index is 15.6. The molecular formula is C29H28F4N2O6. The van der Waals surface area contributed by atoms with E-state index in [1.165, 1.54) is 44.5 Å². The number of carbonyl (C=O) groups is 2. The van der Waals surface area contributed by atoms with Gasteiger partial charge in [-0.1, -0.05) is 43.3 Å². The molecule has 4 rings (SSSR count). The van der Waals surface area contributed by atoms with Gasteiger partial charge in [-0.05, 0) is 30.7 Å². The Morgan fingerprint density at radius 3 is 2.44 bits per heavy atom. The van der Waals surface area contributed by atoms with Crippen LogP contribution in [0.15, 0.2) is 60.8 Å². The summed E-state index contributed by atoms with van der Waals surface area (Å²) in [6, 6.07) is 14.2. The van der Waals surface area contributed by atoms with E-state index in [-0.39, 0.29) is 35.1 Å². The van der Waals surface area contributed by atoms with Crippen LogP contribution < -0.4 is 14.8 Å². The summed E-state index contributed by atoms with van der Waals surface area (Å²) in [7, 11) is 2.32. The van der Waals surface area contributed by atoms with Crippen molar-refractivity contribution in [2.75, 3.05) is 19.5 Å². The van der Waals surface area contributed by atoms with Crippen LogP contribution in [0, 0.1) is 11.7 Å². The van der Waals surface area contributed by atoms with E-state index in [1.54, 1.807) is 24.3 Å². The highest BCUT2D eigenvalue weighted by Crippen LogP contribution is 2.55. The van der Waals surface area contributed by atoms with Crippen LogP contribution in [0.2, 0.25) is 0 Å². The van der Waals surface area contributed by atoms with Crippen LogP contribution >= 0.6 is 0 Å². The molecule has 218 valence electrons. The van der Waals surface area contributed by atoms with Gasteiger partial charge < -0.3 is 24.3 Å². The van der Waals surface area contributed by atoms with Gasteiger partial charge in [-0.15, -0.1) is 0 Å². The number of pyridine rings is 1. The van der Waals surface area contributed by atoms with Gasteiger partial charge in [0.15, 0.2) is 17.1 Å². The zero-order valence-corrected chi connectivity index (χ0v) is 22.6. The zero-order valence-electron chi connectivity index (χ0n) is 22.6. The highest BCUT2D eigenvalue weighted by atomic mass is 19.4. The average molecular weight is 577 g/mol. The number of hydrogen-bond acceptors (Lipinski definition) is 7. The van der Waals surface area contributed by atoms with Crippen LogP contribution in [-0.4, -0.2) is 49.0 Å². The van der Waals surface area contributed by atoms with Crippen LogP contribution in [0.1, 0.15) is 41.4 Å². The minimum absolute atomic E-state index is 0.00247. The second-order valence-electron chi connectivity index (χ2n) is 9.64. The van der Waals surface area contributed by atoms with Gasteiger partial charge in [0.25, 0.3) is 5.91 Å². The number of carbonyl (C=O) groups excluding carboxylic acids is 2. The van der Waals surface area contributed by atoms with Gasteiger partial charge in [0, 0.05) is 29.3 Å². The number of hydrogen-bond donors (Lipinski definition) is 1. The Morgan fingerprint density at radius 2 is 1.80 bits per heavy atom. The summed E-state index contributed by atoms with van der Waals surface area (Å²) in [5, 5.41) is 2.48. The van der Waals surface area contributed by atoms with Crippen LogP contribution in [-0.2, 0) is 20.9 Å². The number of nitrogens with zero attached hydrogens (tertiary/aromatic N) is 1. The molecule has 0 saturated carbocycles. The minimum Gasteiger partial charge on any atom is -0.493 e. The smallest absolute Gasteiger partial charge is 0.417 e. The summed E-state index contributed by atoms with van der Waals surface area (Å²) < 4.78 is 79.4. The van der Waals surface area contributed by atoms with Crippen molar-refractivity contribution in [2.24, 2.45) is 5.92 Å². The molecule has 1 aliphatic rings. The molecule has 12 heteroatoms. The first-order valence-electron chi connectivity index (χ1n) is 12.5. The van der Waals surface area contributed by atoms with E-state index in [0.29, 0.717) is 0 Å². The Bertz CT molecular complexity index is 1420. The Labute approximate surface area is 233 Å². The molecular weight excluding hydrogens is 548 g/mol. The van der Waals surface area contributed by atoms with Crippen molar-refractivity contribution < 1.29 is 46.1 Å². The van der Waals surface area contributed by atoms with E-state index < -0.39 is 47.4 Å². The van der Waals surface area contributed by atoms with Crippen LogP contribution in [0.4, 0.5) is 23.2 Å². The molecule has 0 spiro atoms. The predicted molar refractivity (Wildman–Crippen MR) is 139 cm³/mol. The van der Waals surface area contributed by atoms with Crippen molar-refractivity contribution in [3.05, 3.63) is 83.4 Å². The molecule has 2 heterocycles. The molecule has 1 fully saturated rings. The minimum atomic E-state index is -4.86. The van der Waals surface area contributed by atoms with Crippen LogP contribution in [0.25, 0.3) is 0 Å². The highest BCUT2D eigenvalue weighted by Gasteiger charge is 2.66. The molecule has 41 heavy (non-hydrogen) atoms. The fourth-order valence-electron chi connectivity index (χ4n) is 4.83. The van der Waals surface area contributed by atoms with Crippen molar-refractivity contribution >= 4 is 17.6 Å². The Hall–Kier alpha value is -4.19. The molecule has 0 aliphatic carbocycles. The molecule has 2 aromatic carbocycles. The van der Waals surface area contributed by atoms with Crippen molar-refractivity contribution in [1.82, 2.24) is 4.98 Å². The summed E-state index contributed by atoms with van der Waals surface area (Å²) in [4.78, 5) is 29.1. The Kier molecular flexibility index (Phi) is 8.52. The second kappa shape index (κ2) is 11.7. The molecule has 3 aromatic rings. The number of amides is 1. The van der Waals surface area contributed by atoms with Crippen molar-refractivity contribution in [2.45, 2.75) is 44.3 Å². The number of alkyl halides is 3. The second-order valence-corrected chi connectivity index (χ2v) is 9.64. The number of benzene rings is 2.